The van der Waals surface area contributed by atoms with Crippen molar-refractivity contribution in [2.45, 2.75) is 26.6 Å². The zero-order chi connectivity index (χ0) is 19.6. The summed E-state index contributed by atoms with van der Waals surface area (Å²) in [5.74, 6) is 0.147. The van der Waals surface area contributed by atoms with Crippen LogP contribution in [0.15, 0.2) is 42.6 Å². The van der Waals surface area contributed by atoms with Gasteiger partial charge in [0.2, 0.25) is 5.91 Å². The molecule has 0 saturated carbocycles. The van der Waals surface area contributed by atoms with Crippen molar-refractivity contribution in [2.75, 3.05) is 13.1 Å². The Balaban J connectivity index is 2.12. The van der Waals surface area contributed by atoms with Crippen molar-refractivity contribution in [1.82, 2.24) is 19.4 Å². The van der Waals surface area contributed by atoms with Gasteiger partial charge < -0.3 is 4.90 Å². The largest absolute Gasteiger partial charge is 0.416 e. The smallest absolute Gasteiger partial charge is 0.342 e. The molecule has 0 radical (unpaired) electrons. The van der Waals surface area contributed by atoms with Gasteiger partial charge in [-0.2, -0.15) is 13.2 Å². The summed E-state index contributed by atoms with van der Waals surface area (Å²) in [6.07, 6.45) is -2.89. The van der Waals surface area contributed by atoms with Crippen LogP contribution in [0.4, 0.5) is 13.2 Å². The van der Waals surface area contributed by atoms with Gasteiger partial charge in [-0.05, 0) is 38.1 Å². The monoisotopic (exact) mass is 376 g/mol. The predicted molar refractivity (Wildman–Crippen MR) is 95.9 cm³/mol. The number of carbonyl (C=O) groups excluding carboxylic acids is 1. The molecule has 0 spiro atoms. The lowest BCUT2D eigenvalue weighted by Gasteiger charge is -2.19. The minimum absolute atomic E-state index is 0.0409. The van der Waals surface area contributed by atoms with Crippen molar-refractivity contribution in [3.8, 4) is 11.4 Å². The summed E-state index contributed by atoms with van der Waals surface area (Å²) in [5, 5.41) is 0. The zero-order valence-electron chi connectivity index (χ0n) is 15.0. The van der Waals surface area contributed by atoms with E-state index >= 15 is 0 Å². The number of pyridine rings is 1. The molecule has 27 heavy (non-hydrogen) atoms. The zero-order valence-corrected chi connectivity index (χ0v) is 15.0. The number of hydrogen-bond acceptors (Lipinski definition) is 3. The van der Waals surface area contributed by atoms with Gasteiger partial charge in [0.25, 0.3) is 0 Å². The van der Waals surface area contributed by atoms with Gasteiger partial charge in [-0.15, -0.1) is 0 Å². The average Bonchev–Trinajstić information content (AvgIpc) is 3.01. The second-order valence-corrected chi connectivity index (χ2v) is 6.01. The van der Waals surface area contributed by atoms with Crippen LogP contribution >= 0.6 is 0 Å². The van der Waals surface area contributed by atoms with E-state index in [-0.39, 0.29) is 23.8 Å². The number of benzene rings is 1. The predicted octanol–water partition coefficient (Wildman–Crippen LogP) is 3.99. The first-order valence-corrected chi connectivity index (χ1v) is 8.61. The molecule has 0 N–H and O–H groups in total. The first kappa shape index (κ1) is 18.9. The molecule has 142 valence electrons. The molecule has 3 aromatic rings. The van der Waals surface area contributed by atoms with Crippen LogP contribution in [-0.4, -0.2) is 38.4 Å². The topological polar surface area (TPSA) is 51.0 Å². The van der Waals surface area contributed by atoms with Crippen LogP contribution in [-0.2, 0) is 17.5 Å². The van der Waals surface area contributed by atoms with Crippen LogP contribution in [0.1, 0.15) is 19.4 Å². The molecule has 3 rings (SSSR count). The van der Waals surface area contributed by atoms with Gasteiger partial charge in [0, 0.05) is 24.8 Å². The highest BCUT2D eigenvalue weighted by Gasteiger charge is 2.31. The Morgan fingerprint density at radius 1 is 1.15 bits per heavy atom. The van der Waals surface area contributed by atoms with Crippen molar-refractivity contribution < 1.29 is 18.0 Å². The molecule has 0 saturated heterocycles. The Bertz CT molecular complexity index is 961. The molecular weight excluding hydrogens is 357 g/mol. The molecule has 5 nitrogen and oxygen atoms in total. The van der Waals surface area contributed by atoms with Crippen LogP contribution in [0.25, 0.3) is 22.6 Å². The Labute approximate surface area is 154 Å². The summed E-state index contributed by atoms with van der Waals surface area (Å²) in [4.78, 5) is 23.0. The van der Waals surface area contributed by atoms with E-state index in [0.717, 1.165) is 12.1 Å². The number of hydrogen-bond donors (Lipinski definition) is 0. The number of imidazole rings is 1. The summed E-state index contributed by atoms with van der Waals surface area (Å²) in [5.41, 5.74) is 0.513. The number of aromatic nitrogens is 3. The second kappa shape index (κ2) is 7.38. The van der Waals surface area contributed by atoms with E-state index < -0.39 is 11.7 Å². The van der Waals surface area contributed by atoms with Crippen molar-refractivity contribution in [2.24, 2.45) is 0 Å². The van der Waals surface area contributed by atoms with E-state index in [1.807, 2.05) is 13.8 Å². The van der Waals surface area contributed by atoms with Crippen LogP contribution < -0.4 is 0 Å². The third-order valence-corrected chi connectivity index (χ3v) is 4.36. The number of carbonyl (C=O) groups is 1. The number of halogens is 3. The molecule has 0 fully saturated rings. The molecule has 0 bridgehead atoms. The molecular formula is C19H19F3N4O. The molecule has 0 aliphatic heterocycles. The average molecular weight is 376 g/mol. The Morgan fingerprint density at radius 3 is 2.56 bits per heavy atom. The quantitative estimate of drug-likeness (QED) is 0.677. The lowest BCUT2D eigenvalue weighted by Crippen LogP contribution is -2.33. The summed E-state index contributed by atoms with van der Waals surface area (Å²) in [7, 11) is 0. The second-order valence-electron chi connectivity index (χ2n) is 6.01. The third kappa shape index (κ3) is 3.79. The maximum atomic E-state index is 13.1. The molecule has 0 atom stereocenters. The first-order valence-electron chi connectivity index (χ1n) is 8.61. The van der Waals surface area contributed by atoms with Crippen LogP contribution in [0.3, 0.4) is 0 Å². The lowest BCUT2D eigenvalue weighted by atomic mass is 10.1. The van der Waals surface area contributed by atoms with Crippen molar-refractivity contribution in [3.05, 3.63) is 48.2 Å². The number of alkyl halides is 3. The maximum absolute atomic E-state index is 13.1. The molecule has 1 amide bonds. The number of nitrogens with zero attached hydrogens (tertiary/aromatic N) is 4. The highest BCUT2D eigenvalue weighted by molar-refractivity contribution is 5.82. The normalized spacial score (nSPS) is 11.7. The minimum atomic E-state index is -4.46. The van der Waals surface area contributed by atoms with E-state index in [2.05, 4.69) is 9.97 Å². The molecule has 8 heteroatoms. The standard InChI is InChI=1S/C19H19F3N4O/c1-3-25(4-2)16(27)12-26-17(24-15-9-6-10-23-18(15)26)13-7-5-8-14(11-13)19(20,21)22/h5-11H,3-4,12H2,1-2H3. The summed E-state index contributed by atoms with van der Waals surface area (Å²) < 4.78 is 40.9. The SMILES string of the molecule is CCN(CC)C(=O)Cn1c(-c2cccc(C(F)(F)F)c2)nc2cccnc21. The number of fused-ring (bicyclic) bond motifs is 1. The molecule has 2 heterocycles. The van der Waals surface area contributed by atoms with Crippen molar-refractivity contribution in [1.29, 1.82) is 0 Å². The third-order valence-electron chi connectivity index (χ3n) is 4.36. The molecule has 0 aliphatic rings. The summed E-state index contributed by atoms with van der Waals surface area (Å²) in [6, 6.07) is 8.35. The lowest BCUT2D eigenvalue weighted by molar-refractivity contribution is -0.137. The molecule has 0 unspecified atom stereocenters. The van der Waals surface area contributed by atoms with Gasteiger partial charge in [-0.3, -0.25) is 9.36 Å². The highest BCUT2D eigenvalue weighted by atomic mass is 19.4. The number of amides is 1. The highest BCUT2D eigenvalue weighted by Crippen LogP contribution is 2.32. The van der Waals surface area contributed by atoms with Gasteiger partial charge in [0.15, 0.2) is 5.65 Å². The fraction of sp³-hybridized carbons (Fsp3) is 0.316. The van der Waals surface area contributed by atoms with E-state index in [4.69, 9.17) is 0 Å². The Hall–Kier alpha value is -2.90. The van der Waals surface area contributed by atoms with Gasteiger partial charge in [0.05, 0.1) is 5.56 Å². The summed E-state index contributed by atoms with van der Waals surface area (Å²) >= 11 is 0. The van der Waals surface area contributed by atoms with E-state index in [1.54, 1.807) is 33.9 Å². The van der Waals surface area contributed by atoms with Crippen molar-refractivity contribution >= 4 is 17.1 Å². The fourth-order valence-corrected chi connectivity index (χ4v) is 2.97. The molecule has 2 aromatic heterocycles. The van der Waals surface area contributed by atoms with Crippen LogP contribution in [0, 0.1) is 0 Å². The summed E-state index contributed by atoms with van der Waals surface area (Å²) in [6.45, 7) is 4.81. The van der Waals surface area contributed by atoms with Gasteiger partial charge in [-0.25, -0.2) is 9.97 Å². The Kier molecular flexibility index (Phi) is 5.16. The molecule has 0 aliphatic carbocycles. The van der Waals surface area contributed by atoms with Crippen LogP contribution in [0.2, 0.25) is 0 Å². The first-order chi connectivity index (χ1) is 12.8. The fourth-order valence-electron chi connectivity index (χ4n) is 2.97. The Morgan fingerprint density at radius 2 is 1.89 bits per heavy atom. The van der Waals surface area contributed by atoms with Gasteiger partial charge in [-0.1, -0.05) is 12.1 Å². The number of rotatable bonds is 5. The van der Waals surface area contributed by atoms with E-state index in [0.29, 0.717) is 24.3 Å². The van der Waals surface area contributed by atoms with Crippen molar-refractivity contribution in [3.63, 3.8) is 0 Å². The van der Waals surface area contributed by atoms with Gasteiger partial charge in [0.1, 0.15) is 17.9 Å². The van der Waals surface area contributed by atoms with Gasteiger partial charge >= 0.3 is 6.18 Å². The van der Waals surface area contributed by atoms with E-state index in [9.17, 15) is 18.0 Å². The minimum Gasteiger partial charge on any atom is -0.342 e. The molecule has 1 aromatic carbocycles. The van der Waals surface area contributed by atoms with Crippen LogP contribution in [0.5, 0.6) is 0 Å². The number of likely N-dealkylation sites (N-methyl/N-ethyl adjacent to an activating group) is 1. The van der Waals surface area contributed by atoms with E-state index in [1.165, 1.54) is 6.07 Å². The maximum Gasteiger partial charge on any atom is 0.416 e.